The number of thioether (sulfide) groups is 1. The van der Waals surface area contributed by atoms with Gasteiger partial charge in [-0.1, -0.05) is 12.1 Å². The van der Waals surface area contributed by atoms with Gasteiger partial charge in [0.2, 0.25) is 0 Å². The number of ether oxygens (including phenoxy) is 1. The molecule has 3 N–H and O–H groups in total. The molecule has 1 fully saturated rings. The van der Waals surface area contributed by atoms with Gasteiger partial charge in [0.25, 0.3) is 27.1 Å². The Labute approximate surface area is 205 Å². The van der Waals surface area contributed by atoms with E-state index in [0.29, 0.717) is 28.3 Å². The van der Waals surface area contributed by atoms with Crippen molar-refractivity contribution in [1.29, 1.82) is 0 Å². The molecule has 1 aliphatic rings. The van der Waals surface area contributed by atoms with Crippen molar-refractivity contribution in [1.82, 2.24) is 5.32 Å². The van der Waals surface area contributed by atoms with Gasteiger partial charge in [0, 0.05) is 16.9 Å². The minimum Gasteiger partial charge on any atom is -0.497 e. The van der Waals surface area contributed by atoms with E-state index >= 15 is 0 Å². The van der Waals surface area contributed by atoms with Gasteiger partial charge in [0.05, 0.1) is 16.9 Å². The highest BCUT2D eigenvalue weighted by Crippen LogP contribution is 2.26. The summed E-state index contributed by atoms with van der Waals surface area (Å²) in [6, 6.07) is 18.7. The van der Waals surface area contributed by atoms with E-state index in [1.807, 2.05) is 0 Å². The van der Waals surface area contributed by atoms with Crippen molar-refractivity contribution in [2.24, 2.45) is 0 Å². The predicted molar refractivity (Wildman–Crippen MR) is 134 cm³/mol. The van der Waals surface area contributed by atoms with E-state index in [1.54, 1.807) is 42.5 Å². The molecule has 3 amide bonds. The van der Waals surface area contributed by atoms with E-state index in [1.165, 1.54) is 43.5 Å². The lowest BCUT2D eigenvalue weighted by Gasteiger charge is -2.10. The molecule has 0 bridgehead atoms. The number of benzene rings is 3. The fourth-order valence-electron chi connectivity index (χ4n) is 3.14. The number of anilines is 2. The second kappa shape index (κ2) is 10.0. The molecule has 0 aliphatic carbocycles. The molecule has 0 saturated carbocycles. The van der Waals surface area contributed by atoms with Crippen LogP contribution in [0.2, 0.25) is 0 Å². The van der Waals surface area contributed by atoms with Crippen molar-refractivity contribution in [3.05, 3.63) is 88.8 Å². The van der Waals surface area contributed by atoms with Crippen molar-refractivity contribution in [3.63, 3.8) is 0 Å². The Hall–Kier alpha value is -4.09. The Kier molecular flexibility index (Phi) is 6.90. The molecule has 178 valence electrons. The molecule has 1 saturated heterocycles. The number of carbonyl (C=O) groups excluding carboxylic acids is 3. The zero-order valence-corrected chi connectivity index (χ0v) is 19.9. The van der Waals surface area contributed by atoms with Crippen LogP contribution in [-0.4, -0.2) is 32.6 Å². The van der Waals surface area contributed by atoms with Gasteiger partial charge in [0.15, 0.2) is 0 Å². The van der Waals surface area contributed by atoms with Gasteiger partial charge in [-0.25, -0.2) is 8.42 Å². The number of sulfonamides is 1. The van der Waals surface area contributed by atoms with Crippen LogP contribution >= 0.6 is 11.8 Å². The molecule has 3 aromatic rings. The van der Waals surface area contributed by atoms with Crippen molar-refractivity contribution in [3.8, 4) is 5.75 Å². The van der Waals surface area contributed by atoms with Crippen LogP contribution in [0.4, 0.5) is 16.2 Å². The monoisotopic (exact) mass is 509 g/mol. The highest BCUT2D eigenvalue weighted by molar-refractivity contribution is 8.18. The summed E-state index contributed by atoms with van der Waals surface area (Å²) in [5.74, 6) is -0.320. The van der Waals surface area contributed by atoms with Crippen LogP contribution in [-0.2, 0) is 14.8 Å². The van der Waals surface area contributed by atoms with E-state index in [4.69, 9.17) is 4.74 Å². The van der Waals surface area contributed by atoms with E-state index in [0.717, 1.165) is 11.8 Å². The summed E-state index contributed by atoms with van der Waals surface area (Å²) >= 11 is 0.810. The first-order valence-corrected chi connectivity index (χ1v) is 12.5. The molecule has 4 rings (SSSR count). The molecule has 1 heterocycles. The first-order valence-electron chi connectivity index (χ1n) is 10.2. The zero-order chi connectivity index (χ0) is 25.0. The van der Waals surface area contributed by atoms with Gasteiger partial charge in [-0.05, 0) is 84.1 Å². The Balaban J connectivity index is 1.42. The average Bonchev–Trinajstić information content (AvgIpc) is 3.15. The van der Waals surface area contributed by atoms with Gasteiger partial charge >= 0.3 is 0 Å². The molecule has 0 atom stereocenters. The number of imide groups is 1. The number of carbonyl (C=O) groups is 3. The normalized spacial score (nSPS) is 14.5. The summed E-state index contributed by atoms with van der Waals surface area (Å²) in [5, 5.41) is 4.51. The third-order valence-electron chi connectivity index (χ3n) is 4.85. The third kappa shape index (κ3) is 5.89. The smallest absolute Gasteiger partial charge is 0.290 e. The maximum Gasteiger partial charge on any atom is 0.290 e. The Morgan fingerprint density at radius 2 is 1.69 bits per heavy atom. The quantitative estimate of drug-likeness (QED) is 0.409. The second-order valence-electron chi connectivity index (χ2n) is 7.29. The van der Waals surface area contributed by atoms with Crippen LogP contribution in [0.25, 0.3) is 6.08 Å². The minimum absolute atomic E-state index is 0.0767. The summed E-state index contributed by atoms with van der Waals surface area (Å²) in [6.07, 6.45) is 1.56. The van der Waals surface area contributed by atoms with Crippen LogP contribution < -0.4 is 20.1 Å². The molecule has 35 heavy (non-hydrogen) atoms. The fraction of sp³-hybridized carbons (Fsp3) is 0.0417. The Bertz CT molecular complexity index is 1430. The predicted octanol–water partition coefficient (Wildman–Crippen LogP) is 4.07. The van der Waals surface area contributed by atoms with Gasteiger partial charge < -0.3 is 10.1 Å². The molecule has 0 radical (unpaired) electrons. The van der Waals surface area contributed by atoms with E-state index < -0.39 is 27.1 Å². The summed E-state index contributed by atoms with van der Waals surface area (Å²) in [4.78, 5) is 36.0. The van der Waals surface area contributed by atoms with Crippen LogP contribution in [0.1, 0.15) is 15.9 Å². The van der Waals surface area contributed by atoms with Crippen molar-refractivity contribution in [2.45, 2.75) is 4.90 Å². The first kappa shape index (κ1) is 24.0. The molecule has 1 aliphatic heterocycles. The highest BCUT2D eigenvalue weighted by atomic mass is 32.2. The number of nitrogens with one attached hydrogen (secondary N) is 3. The van der Waals surface area contributed by atoms with Crippen molar-refractivity contribution < 1.29 is 27.5 Å². The molecule has 0 spiro atoms. The second-order valence-corrected chi connectivity index (χ2v) is 9.99. The number of hydrogen-bond acceptors (Lipinski definition) is 7. The van der Waals surface area contributed by atoms with Crippen LogP contribution in [0.5, 0.6) is 5.75 Å². The fourth-order valence-corrected chi connectivity index (χ4v) is 4.88. The lowest BCUT2D eigenvalue weighted by molar-refractivity contribution is -0.115. The van der Waals surface area contributed by atoms with Crippen LogP contribution in [0, 0.1) is 0 Å². The molecule has 0 unspecified atom stereocenters. The maximum absolute atomic E-state index is 12.7. The number of amides is 3. The Morgan fingerprint density at radius 3 is 2.31 bits per heavy atom. The van der Waals surface area contributed by atoms with Gasteiger partial charge in [-0.3, -0.25) is 24.4 Å². The van der Waals surface area contributed by atoms with Crippen molar-refractivity contribution >= 4 is 56.3 Å². The molecular weight excluding hydrogens is 490 g/mol. The van der Waals surface area contributed by atoms with E-state index in [-0.39, 0.29) is 9.80 Å². The summed E-state index contributed by atoms with van der Waals surface area (Å²) in [7, 11) is -2.31. The third-order valence-corrected chi connectivity index (χ3v) is 7.06. The van der Waals surface area contributed by atoms with Crippen LogP contribution in [0.3, 0.4) is 0 Å². The molecular formula is C24H19N3O6S2. The van der Waals surface area contributed by atoms with Gasteiger partial charge in [-0.15, -0.1) is 0 Å². The molecule has 9 nitrogen and oxygen atoms in total. The van der Waals surface area contributed by atoms with Gasteiger partial charge in [-0.2, -0.15) is 0 Å². The first-order chi connectivity index (χ1) is 16.7. The average molecular weight is 510 g/mol. The summed E-state index contributed by atoms with van der Waals surface area (Å²) in [6.45, 7) is 0. The number of methoxy groups -OCH3 is 1. The van der Waals surface area contributed by atoms with Crippen molar-refractivity contribution in [2.75, 3.05) is 17.1 Å². The van der Waals surface area contributed by atoms with E-state index in [9.17, 15) is 22.8 Å². The lowest BCUT2D eigenvalue weighted by atomic mass is 10.1. The number of hydrogen-bond donors (Lipinski definition) is 3. The summed E-state index contributed by atoms with van der Waals surface area (Å²) < 4.78 is 32.7. The standard InChI is InChI=1S/C24H19N3O6S2/c1-33-19-9-11-20(12-10-19)35(31,32)27-17-7-5-16(6-8-17)22(28)25-18-4-2-3-15(13-18)14-21-23(29)26-24(30)34-21/h2-14,27H,1H3,(H,25,28)(H,26,29,30). The number of rotatable bonds is 7. The zero-order valence-electron chi connectivity index (χ0n) is 18.3. The molecule has 0 aromatic heterocycles. The topological polar surface area (TPSA) is 131 Å². The SMILES string of the molecule is COc1ccc(S(=O)(=O)Nc2ccc(C(=O)Nc3cccc(C=C4SC(=O)NC4=O)c3)cc2)cc1. The minimum atomic E-state index is -3.80. The van der Waals surface area contributed by atoms with E-state index in [2.05, 4.69) is 15.4 Å². The molecule has 11 heteroatoms. The Morgan fingerprint density at radius 1 is 0.971 bits per heavy atom. The summed E-state index contributed by atoms with van der Waals surface area (Å²) in [5.41, 5.74) is 1.74. The molecule has 3 aromatic carbocycles. The lowest BCUT2D eigenvalue weighted by Crippen LogP contribution is -2.17. The maximum atomic E-state index is 12.7. The largest absolute Gasteiger partial charge is 0.497 e. The van der Waals surface area contributed by atoms with Gasteiger partial charge in [0.1, 0.15) is 5.75 Å². The highest BCUT2D eigenvalue weighted by Gasteiger charge is 2.25. The van der Waals surface area contributed by atoms with Crippen LogP contribution in [0.15, 0.2) is 82.6 Å².